The monoisotopic (exact) mass is 1070 g/mol. The van der Waals surface area contributed by atoms with E-state index in [0.717, 1.165) is 174 Å². The molecule has 8 rings (SSSR count). The van der Waals surface area contributed by atoms with E-state index in [1.54, 1.807) is 11.1 Å². The smallest absolute Gasteiger partial charge is 0.306 e. The second kappa shape index (κ2) is 28.2. The van der Waals surface area contributed by atoms with Gasteiger partial charge in [0.25, 0.3) is 0 Å². The van der Waals surface area contributed by atoms with Gasteiger partial charge in [-0.05, 0) is 220 Å². The number of unbranched alkanes of at least 4 members (excludes halogenated alkanes) is 10. The third-order valence-corrected chi connectivity index (χ3v) is 24.7. The molecule has 0 bridgehead atoms. The Morgan fingerprint density at radius 1 is 0.474 bits per heavy atom. The van der Waals surface area contributed by atoms with Gasteiger partial charge in [0.15, 0.2) is 0 Å². The van der Waals surface area contributed by atoms with E-state index in [1.165, 1.54) is 116 Å². The molecule has 8 aliphatic rings. The molecule has 438 valence electrons. The van der Waals surface area contributed by atoms with Crippen molar-refractivity contribution in [3.05, 3.63) is 23.3 Å². The number of esters is 2. The van der Waals surface area contributed by atoms with E-state index in [1.807, 2.05) is 0 Å². The normalized spacial score (nSPS) is 36.4. The minimum atomic E-state index is 0.0179. The van der Waals surface area contributed by atoms with E-state index in [2.05, 4.69) is 105 Å². The Morgan fingerprint density at radius 2 is 0.872 bits per heavy atom. The number of carbonyl (C=O) groups excluding carboxylic acids is 2. The van der Waals surface area contributed by atoms with Crippen molar-refractivity contribution in [1.82, 2.24) is 0 Å². The van der Waals surface area contributed by atoms with Crippen LogP contribution in [0.25, 0.3) is 0 Å². The van der Waals surface area contributed by atoms with Crippen LogP contribution >= 0.6 is 0 Å². The fourth-order valence-electron chi connectivity index (χ4n) is 20.2. The molecule has 6 fully saturated rings. The Balaban J connectivity index is 0.616. The maximum atomic E-state index is 13.0. The lowest BCUT2D eigenvalue weighted by Gasteiger charge is -2.58. The maximum Gasteiger partial charge on any atom is 0.306 e. The molecule has 0 spiro atoms. The summed E-state index contributed by atoms with van der Waals surface area (Å²) >= 11 is 0. The topological polar surface area (TPSA) is 52.6 Å². The van der Waals surface area contributed by atoms with E-state index < -0.39 is 0 Å². The van der Waals surface area contributed by atoms with Gasteiger partial charge < -0.3 is 9.47 Å². The molecule has 0 N–H and O–H groups in total. The molecular formula is C74H118O4. The van der Waals surface area contributed by atoms with Gasteiger partial charge in [0, 0.05) is 38.5 Å². The molecule has 0 aliphatic heterocycles. The predicted molar refractivity (Wildman–Crippen MR) is 326 cm³/mol. The Kier molecular flexibility index (Phi) is 22.3. The molecular weight excluding hydrogens is 953 g/mol. The third-order valence-electron chi connectivity index (χ3n) is 24.7. The maximum absolute atomic E-state index is 13.0. The molecule has 4 heteroatoms. The Bertz CT molecular complexity index is 1990. The summed E-state index contributed by atoms with van der Waals surface area (Å²) in [6.45, 7) is 25.3. The van der Waals surface area contributed by atoms with Crippen LogP contribution in [-0.4, -0.2) is 24.1 Å². The largest absolute Gasteiger partial charge is 0.462 e. The molecule has 0 heterocycles. The van der Waals surface area contributed by atoms with E-state index in [9.17, 15) is 9.59 Å². The van der Waals surface area contributed by atoms with Crippen molar-refractivity contribution >= 4 is 11.9 Å². The standard InChI is InChI=1S/C74H118O4/c1-53(2)29-27-31-55(5)63-39-41-65-61-37-35-57-51-59(43-47-71(57,7)67(61)45-49-73(63,65)9)77-69(75)33-25-23-21-19-17-15-13-11-12-14-16-18-20-22-24-26-34-70(76)78-60-44-48-72(8)58(52-60)36-38-62-66-42-40-64(56(6)32-28-30-54(3)4)74(66,10)50-46-68(62)72/h35-36,53-56,59-68H,15-34,37-52H2,1-10H3/t55-,56-,59?,60?,61+,62+,63-,64-,65+,66+,67+,68+,71+,72+,73-,74-/m1/s1. The van der Waals surface area contributed by atoms with Crippen molar-refractivity contribution in [3.8, 4) is 23.7 Å². The average Bonchev–Trinajstić information content (AvgIpc) is 4.10. The van der Waals surface area contributed by atoms with Gasteiger partial charge in [0.05, 0.1) is 0 Å². The highest BCUT2D eigenvalue weighted by Crippen LogP contribution is 2.69. The van der Waals surface area contributed by atoms with Gasteiger partial charge in [-0.2, -0.15) is 0 Å². The van der Waals surface area contributed by atoms with Crippen LogP contribution in [-0.2, 0) is 19.1 Å². The van der Waals surface area contributed by atoms with Crippen LogP contribution < -0.4 is 0 Å². The SMILES string of the molecule is CC(C)CCC[C@@H](C)[C@H]1CC[C@H]2[C@@H]3CC=C4CC(OC(=O)CCCCCCCC#CC#CCCCCCCCC(=O)OC5CC[C@@]6(C)C(=CC[C@H]7[C@@H]8CC[C@H]([C@H](C)CCCC(C)C)[C@@]8(C)CC[C@@H]76)C5)CC[C@]4(C)[C@H]3CC[C@]12C. The summed E-state index contributed by atoms with van der Waals surface area (Å²) in [6, 6.07) is 0. The summed E-state index contributed by atoms with van der Waals surface area (Å²) in [5.41, 5.74) is 4.90. The molecule has 4 nitrogen and oxygen atoms in total. The van der Waals surface area contributed by atoms with Crippen molar-refractivity contribution < 1.29 is 19.1 Å². The molecule has 6 saturated carbocycles. The Hall–Kier alpha value is -2.46. The second-order valence-corrected chi connectivity index (χ2v) is 30.4. The first-order chi connectivity index (χ1) is 37.5. The first-order valence-corrected chi connectivity index (χ1v) is 34.2. The fraction of sp³-hybridized carbons (Fsp3) is 0.865. The van der Waals surface area contributed by atoms with Crippen LogP contribution in [0.1, 0.15) is 300 Å². The van der Waals surface area contributed by atoms with E-state index in [-0.39, 0.29) is 24.1 Å². The summed E-state index contributed by atoms with van der Waals surface area (Å²) in [4.78, 5) is 26.0. The van der Waals surface area contributed by atoms with Gasteiger partial charge in [-0.3, -0.25) is 9.59 Å². The lowest BCUT2D eigenvalue weighted by Crippen LogP contribution is -2.51. The lowest BCUT2D eigenvalue weighted by atomic mass is 9.47. The van der Waals surface area contributed by atoms with Gasteiger partial charge in [-0.1, -0.05) is 181 Å². The summed E-state index contributed by atoms with van der Waals surface area (Å²) < 4.78 is 12.3. The molecule has 0 amide bonds. The van der Waals surface area contributed by atoms with Gasteiger partial charge >= 0.3 is 11.9 Å². The van der Waals surface area contributed by atoms with Crippen LogP contribution in [0, 0.1) is 116 Å². The molecule has 0 saturated heterocycles. The van der Waals surface area contributed by atoms with Crippen LogP contribution in [0.5, 0.6) is 0 Å². The first kappa shape index (κ1) is 61.6. The van der Waals surface area contributed by atoms with Crippen LogP contribution in [0.15, 0.2) is 23.3 Å². The molecule has 0 radical (unpaired) electrons. The quantitative estimate of drug-likeness (QED) is 0.0375. The van der Waals surface area contributed by atoms with Gasteiger partial charge in [-0.15, -0.1) is 0 Å². The molecule has 0 aromatic heterocycles. The molecule has 78 heavy (non-hydrogen) atoms. The van der Waals surface area contributed by atoms with E-state index in [4.69, 9.17) is 9.47 Å². The third kappa shape index (κ3) is 14.6. The van der Waals surface area contributed by atoms with E-state index in [0.29, 0.717) is 34.5 Å². The van der Waals surface area contributed by atoms with Crippen molar-refractivity contribution in [3.63, 3.8) is 0 Å². The van der Waals surface area contributed by atoms with Crippen molar-refractivity contribution in [2.24, 2.45) is 92.7 Å². The second-order valence-electron chi connectivity index (χ2n) is 30.4. The van der Waals surface area contributed by atoms with Crippen LogP contribution in [0.3, 0.4) is 0 Å². The first-order valence-electron chi connectivity index (χ1n) is 34.2. The highest BCUT2D eigenvalue weighted by Gasteiger charge is 2.61. The number of fused-ring (bicyclic) bond motifs is 10. The molecule has 8 aliphatic carbocycles. The van der Waals surface area contributed by atoms with Crippen LogP contribution in [0.2, 0.25) is 0 Å². The Labute approximate surface area is 481 Å². The average molecular weight is 1070 g/mol. The Morgan fingerprint density at radius 3 is 1.28 bits per heavy atom. The molecule has 2 unspecified atom stereocenters. The van der Waals surface area contributed by atoms with Gasteiger partial charge in [0.2, 0.25) is 0 Å². The number of hydrogen-bond donors (Lipinski definition) is 0. The summed E-state index contributed by atoms with van der Waals surface area (Å²) in [7, 11) is 0. The predicted octanol–water partition coefficient (Wildman–Crippen LogP) is 20.4. The van der Waals surface area contributed by atoms with Gasteiger partial charge in [-0.25, -0.2) is 0 Å². The molecule has 16 atom stereocenters. The lowest BCUT2D eigenvalue weighted by molar-refractivity contribution is -0.152. The van der Waals surface area contributed by atoms with Crippen molar-refractivity contribution in [2.75, 3.05) is 0 Å². The highest BCUT2D eigenvalue weighted by molar-refractivity contribution is 5.70. The zero-order valence-corrected chi connectivity index (χ0v) is 52.3. The summed E-state index contributed by atoms with van der Waals surface area (Å²) in [6.07, 6.45) is 47.9. The number of hydrogen-bond acceptors (Lipinski definition) is 4. The van der Waals surface area contributed by atoms with Gasteiger partial charge in [0.1, 0.15) is 12.2 Å². The number of ether oxygens (including phenoxy) is 2. The summed E-state index contributed by atoms with van der Waals surface area (Å²) in [5, 5.41) is 0. The number of allylic oxidation sites excluding steroid dienone is 2. The fourth-order valence-corrected chi connectivity index (χ4v) is 20.2. The summed E-state index contributed by atoms with van der Waals surface area (Å²) in [5.74, 6) is 23.0. The minimum absolute atomic E-state index is 0.0179. The van der Waals surface area contributed by atoms with Crippen molar-refractivity contribution in [2.45, 2.75) is 313 Å². The van der Waals surface area contributed by atoms with E-state index >= 15 is 0 Å². The molecule has 0 aromatic rings. The zero-order chi connectivity index (χ0) is 55.5. The van der Waals surface area contributed by atoms with Crippen molar-refractivity contribution in [1.29, 1.82) is 0 Å². The minimum Gasteiger partial charge on any atom is -0.462 e. The van der Waals surface area contributed by atoms with Crippen LogP contribution in [0.4, 0.5) is 0 Å². The zero-order valence-electron chi connectivity index (χ0n) is 52.3. The molecule has 0 aromatic carbocycles. The highest BCUT2D eigenvalue weighted by atomic mass is 16.5. The number of rotatable bonds is 26. The number of carbonyl (C=O) groups is 2.